The summed E-state index contributed by atoms with van der Waals surface area (Å²) in [5.74, 6) is -0.716. The Morgan fingerprint density at radius 1 is 1.40 bits per heavy atom. The van der Waals surface area contributed by atoms with Gasteiger partial charge in [0.1, 0.15) is 0 Å². The number of carboxylic acids is 1. The highest BCUT2D eigenvalue weighted by molar-refractivity contribution is 7.16. The summed E-state index contributed by atoms with van der Waals surface area (Å²) >= 11 is 7.29. The van der Waals surface area contributed by atoms with E-state index in [0.717, 1.165) is 30.7 Å². The van der Waals surface area contributed by atoms with E-state index < -0.39 is 5.97 Å². The van der Waals surface area contributed by atoms with Gasteiger partial charge in [-0.3, -0.25) is 9.59 Å². The Labute approximate surface area is 127 Å². The summed E-state index contributed by atoms with van der Waals surface area (Å²) in [7, 11) is 0. The molecule has 1 atom stereocenters. The molecule has 1 aliphatic heterocycles. The number of carbonyl (C=O) groups is 2. The first kappa shape index (κ1) is 15.3. The number of rotatable bonds is 5. The molecule has 1 fully saturated rings. The van der Waals surface area contributed by atoms with Gasteiger partial charge in [0.25, 0.3) is 0 Å². The summed E-state index contributed by atoms with van der Waals surface area (Å²) in [6.45, 7) is 0.738. The SMILES string of the molecule is O=C(O)CC[C@H]1CCCCN1C(=O)Cc1ccc(Cl)s1. The van der Waals surface area contributed by atoms with Crippen LogP contribution in [0, 0.1) is 0 Å². The fourth-order valence-corrected chi connectivity index (χ4v) is 3.70. The predicted octanol–water partition coefficient (Wildman–Crippen LogP) is 3.19. The van der Waals surface area contributed by atoms with Crippen LogP contribution in [0.1, 0.15) is 37.0 Å². The van der Waals surface area contributed by atoms with Crippen molar-refractivity contribution in [3.8, 4) is 0 Å². The van der Waals surface area contributed by atoms with E-state index in [1.54, 1.807) is 6.07 Å². The van der Waals surface area contributed by atoms with Gasteiger partial charge in [-0.15, -0.1) is 11.3 Å². The molecule has 0 radical (unpaired) electrons. The van der Waals surface area contributed by atoms with Crippen molar-refractivity contribution in [2.75, 3.05) is 6.54 Å². The van der Waals surface area contributed by atoms with Gasteiger partial charge >= 0.3 is 5.97 Å². The molecule has 2 rings (SSSR count). The standard InChI is InChI=1S/C14H18ClNO3S/c15-12-6-5-11(20-12)9-13(17)16-8-2-1-3-10(16)4-7-14(18)19/h5-6,10H,1-4,7-9H2,(H,18,19)/t10-/m1/s1. The molecule has 6 heteroatoms. The Hall–Kier alpha value is -1.07. The van der Waals surface area contributed by atoms with Crippen molar-refractivity contribution in [2.45, 2.75) is 44.6 Å². The number of hydrogen-bond donors (Lipinski definition) is 1. The van der Waals surface area contributed by atoms with E-state index >= 15 is 0 Å². The summed E-state index contributed by atoms with van der Waals surface area (Å²) < 4.78 is 0.689. The largest absolute Gasteiger partial charge is 0.481 e. The van der Waals surface area contributed by atoms with Gasteiger partial charge in [0.05, 0.1) is 10.8 Å². The maximum Gasteiger partial charge on any atom is 0.303 e. The van der Waals surface area contributed by atoms with Gasteiger partial charge in [0.2, 0.25) is 5.91 Å². The minimum atomic E-state index is -0.798. The fourth-order valence-electron chi connectivity index (χ4n) is 2.62. The molecule has 1 aromatic rings. The minimum absolute atomic E-state index is 0.0720. The van der Waals surface area contributed by atoms with Crippen LogP contribution in [0.5, 0.6) is 0 Å². The van der Waals surface area contributed by atoms with Crippen LogP contribution in [0.25, 0.3) is 0 Å². The third kappa shape index (κ3) is 4.21. The van der Waals surface area contributed by atoms with E-state index in [1.165, 1.54) is 11.3 Å². The van der Waals surface area contributed by atoms with Crippen molar-refractivity contribution < 1.29 is 14.7 Å². The number of piperidine rings is 1. The number of likely N-dealkylation sites (tertiary alicyclic amines) is 1. The van der Waals surface area contributed by atoms with Crippen molar-refractivity contribution in [2.24, 2.45) is 0 Å². The smallest absolute Gasteiger partial charge is 0.303 e. The van der Waals surface area contributed by atoms with Crippen molar-refractivity contribution in [1.82, 2.24) is 4.90 Å². The van der Waals surface area contributed by atoms with Gasteiger partial charge in [0, 0.05) is 23.9 Å². The van der Waals surface area contributed by atoms with Gasteiger partial charge in [-0.05, 0) is 37.8 Å². The van der Waals surface area contributed by atoms with Crippen molar-refractivity contribution in [3.05, 3.63) is 21.3 Å². The van der Waals surface area contributed by atoms with Crippen LogP contribution in [0.3, 0.4) is 0 Å². The number of thiophene rings is 1. The lowest BCUT2D eigenvalue weighted by Gasteiger charge is -2.35. The van der Waals surface area contributed by atoms with Gasteiger partial charge < -0.3 is 10.0 Å². The minimum Gasteiger partial charge on any atom is -0.481 e. The van der Waals surface area contributed by atoms with Crippen LogP contribution in [0.15, 0.2) is 12.1 Å². The Balaban J connectivity index is 1.95. The number of hydrogen-bond acceptors (Lipinski definition) is 3. The number of nitrogens with zero attached hydrogens (tertiary/aromatic N) is 1. The monoisotopic (exact) mass is 315 g/mol. The topological polar surface area (TPSA) is 57.6 Å². The maximum absolute atomic E-state index is 12.4. The average Bonchev–Trinajstić information content (AvgIpc) is 2.82. The number of halogens is 1. The van der Waals surface area contributed by atoms with E-state index in [9.17, 15) is 9.59 Å². The van der Waals surface area contributed by atoms with E-state index in [4.69, 9.17) is 16.7 Å². The molecule has 0 aliphatic carbocycles. The van der Waals surface area contributed by atoms with Crippen LogP contribution in [-0.2, 0) is 16.0 Å². The summed E-state index contributed by atoms with van der Waals surface area (Å²) in [4.78, 5) is 25.9. The molecule has 1 amide bonds. The highest BCUT2D eigenvalue weighted by atomic mass is 35.5. The van der Waals surface area contributed by atoms with Gasteiger partial charge in [0.15, 0.2) is 0 Å². The second kappa shape index (κ2) is 7.09. The molecule has 1 saturated heterocycles. The lowest BCUT2D eigenvalue weighted by atomic mass is 9.97. The molecule has 4 nitrogen and oxygen atoms in total. The molecule has 1 aliphatic rings. The van der Waals surface area contributed by atoms with Crippen molar-refractivity contribution in [1.29, 1.82) is 0 Å². The lowest BCUT2D eigenvalue weighted by Crippen LogP contribution is -2.44. The molecule has 0 saturated carbocycles. The van der Waals surface area contributed by atoms with E-state index in [2.05, 4.69) is 0 Å². The Morgan fingerprint density at radius 3 is 2.85 bits per heavy atom. The molecule has 0 unspecified atom stereocenters. The lowest BCUT2D eigenvalue weighted by molar-refractivity contribution is -0.139. The summed E-state index contributed by atoms with van der Waals surface area (Å²) in [5, 5.41) is 8.79. The fraction of sp³-hybridized carbons (Fsp3) is 0.571. The molecule has 1 aromatic heterocycles. The first-order valence-corrected chi connectivity index (χ1v) is 8.01. The molecule has 2 heterocycles. The zero-order valence-corrected chi connectivity index (χ0v) is 12.8. The van der Waals surface area contributed by atoms with Crippen LogP contribution < -0.4 is 0 Å². The van der Waals surface area contributed by atoms with E-state index in [-0.39, 0.29) is 18.4 Å². The molecular weight excluding hydrogens is 298 g/mol. The quantitative estimate of drug-likeness (QED) is 0.908. The predicted molar refractivity (Wildman–Crippen MR) is 79.3 cm³/mol. The van der Waals surface area contributed by atoms with Crippen molar-refractivity contribution >= 4 is 34.8 Å². The number of carbonyl (C=O) groups excluding carboxylic acids is 1. The Morgan fingerprint density at radius 2 is 2.20 bits per heavy atom. The summed E-state index contributed by atoms with van der Waals surface area (Å²) in [6, 6.07) is 3.75. The van der Waals surface area contributed by atoms with E-state index in [0.29, 0.717) is 17.2 Å². The molecular formula is C14H18ClNO3S. The summed E-state index contributed by atoms with van der Waals surface area (Å²) in [6.07, 6.45) is 4.01. The number of aliphatic carboxylic acids is 1. The third-order valence-corrected chi connectivity index (χ3v) is 4.82. The molecule has 0 aromatic carbocycles. The Kier molecular flexibility index (Phi) is 5.43. The zero-order valence-electron chi connectivity index (χ0n) is 11.2. The van der Waals surface area contributed by atoms with E-state index in [1.807, 2.05) is 11.0 Å². The first-order valence-electron chi connectivity index (χ1n) is 6.81. The zero-order chi connectivity index (χ0) is 14.5. The highest BCUT2D eigenvalue weighted by Crippen LogP contribution is 2.25. The summed E-state index contributed by atoms with van der Waals surface area (Å²) in [5.41, 5.74) is 0. The second-order valence-corrected chi connectivity index (χ2v) is 6.85. The first-order chi connectivity index (χ1) is 9.56. The maximum atomic E-state index is 12.4. The third-order valence-electron chi connectivity index (χ3n) is 3.59. The van der Waals surface area contributed by atoms with Crippen LogP contribution in [0.4, 0.5) is 0 Å². The normalized spacial score (nSPS) is 19.1. The van der Waals surface area contributed by atoms with Gasteiger partial charge in [-0.1, -0.05) is 11.6 Å². The highest BCUT2D eigenvalue weighted by Gasteiger charge is 2.27. The number of carboxylic acid groups (broad SMARTS) is 1. The molecule has 0 spiro atoms. The molecule has 1 N–H and O–H groups in total. The second-order valence-electron chi connectivity index (χ2n) is 5.05. The number of amides is 1. The van der Waals surface area contributed by atoms with Crippen molar-refractivity contribution in [3.63, 3.8) is 0 Å². The average molecular weight is 316 g/mol. The van der Waals surface area contributed by atoms with Crippen LogP contribution >= 0.6 is 22.9 Å². The van der Waals surface area contributed by atoms with Crippen LogP contribution in [-0.4, -0.2) is 34.5 Å². The van der Waals surface area contributed by atoms with Gasteiger partial charge in [-0.2, -0.15) is 0 Å². The Bertz CT molecular complexity index is 489. The van der Waals surface area contributed by atoms with Crippen LogP contribution in [0.2, 0.25) is 4.34 Å². The molecule has 110 valence electrons. The molecule has 0 bridgehead atoms. The van der Waals surface area contributed by atoms with Gasteiger partial charge in [-0.25, -0.2) is 0 Å². The molecule has 20 heavy (non-hydrogen) atoms.